The van der Waals surface area contributed by atoms with Gasteiger partial charge in [-0.1, -0.05) is 6.92 Å². The van der Waals surface area contributed by atoms with Crippen molar-refractivity contribution >= 4 is 5.91 Å². The number of amides is 1. The predicted octanol–water partition coefficient (Wildman–Crippen LogP) is 1.55. The molecule has 0 bridgehead atoms. The molecule has 2 aliphatic rings. The van der Waals surface area contributed by atoms with Crippen molar-refractivity contribution in [3.8, 4) is 6.07 Å². The van der Waals surface area contributed by atoms with Gasteiger partial charge in [0.1, 0.15) is 0 Å². The lowest BCUT2D eigenvalue weighted by Crippen LogP contribution is -2.31. The molecule has 1 aliphatic heterocycles. The molecule has 14 heavy (non-hydrogen) atoms. The maximum absolute atomic E-state index is 11.5. The van der Waals surface area contributed by atoms with E-state index in [2.05, 4.69) is 13.0 Å². The third-order valence-electron chi connectivity index (χ3n) is 3.63. The Kier molecular flexibility index (Phi) is 2.22. The second kappa shape index (κ2) is 3.27. The zero-order chi connectivity index (χ0) is 10.2. The van der Waals surface area contributed by atoms with Crippen LogP contribution < -0.4 is 0 Å². The largest absolute Gasteiger partial charge is 0.341 e. The van der Waals surface area contributed by atoms with E-state index in [9.17, 15) is 4.79 Å². The topological polar surface area (TPSA) is 44.1 Å². The first-order valence-electron chi connectivity index (χ1n) is 5.36. The second-order valence-electron chi connectivity index (χ2n) is 4.66. The zero-order valence-corrected chi connectivity index (χ0v) is 8.62. The molecule has 1 amide bonds. The van der Waals surface area contributed by atoms with Crippen LogP contribution in [-0.4, -0.2) is 23.9 Å². The van der Waals surface area contributed by atoms with Gasteiger partial charge < -0.3 is 4.90 Å². The molecule has 0 N–H and O–H groups in total. The molecule has 2 rings (SSSR count). The molecule has 0 aromatic heterocycles. The van der Waals surface area contributed by atoms with Crippen molar-refractivity contribution in [2.45, 2.75) is 32.6 Å². The molecule has 3 heteroatoms. The third kappa shape index (κ3) is 1.61. The molecular weight excluding hydrogens is 176 g/mol. The minimum absolute atomic E-state index is 0.0600. The Morgan fingerprint density at radius 3 is 2.79 bits per heavy atom. The van der Waals surface area contributed by atoms with Gasteiger partial charge in [0, 0.05) is 19.5 Å². The van der Waals surface area contributed by atoms with Crippen LogP contribution in [-0.2, 0) is 4.79 Å². The van der Waals surface area contributed by atoms with E-state index < -0.39 is 0 Å². The number of carbonyl (C=O) groups excluding carboxylic acids is 1. The molecule has 76 valence electrons. The van der Waals surface area contributed by atoms with E-state index in [0.29, 0.717) is 18.4 Å². The monoisotopic (exact) mass is 192 g/mol. The summed E-state index contributed by atoms with van der Waals surface area (Å²) in [5.41, 5.74) is 0.417. The Morgan fingerprint density at radius 2 is 2.36 bits per heavy atom. The minimum atomic E-state index is -0.0600. The van der Waals surface area contributed by atoms with E-state index in [4.69, 9.17) is 5.26 Å². The number of nitrogens with zero attached hydrogens (tertiary/aromatic N) is 2. The smallest absolute Gasteiger partial charge is 0.224 e. The molecule has 1 heterocycles. The molecule has 1 saturated carbocycles. The first-order valence-corrected chi connectivity index (χ1v) is 5.36. The average Bonchev–Trinajstić information content (AvgIpc) is 2.87. The number of rotatable bonds is 3. The lowest BCUT2D eigenvalue weighted by Gasteiger charge is -2.22. The Labute approximate surface area is 84.7 Å². The Morgan fingerprint density at radius 1 is 1.64 bits per heavy atom. The van der Waals surface area contributed by atoms with Gasteiger partial charge in [-0.3, -0.25) is 4.79 Å². The van der Waals surface area contributed by atoms with Crippen molar-refractivity contribution < 1.29 is 4.79 Å². The van der Waals surface area contributed by atoms with Crippen molar-refractivity contribution in [1.29, 1.82) is 5.26 Å². The van der Waals surface area contributed by atoms with Crippen LogP contribution in [0.5, 0.6) is 0 Å². The molecule has 1 saturated heterocycles. The molecule has 3 nitrogen and oxygen atoms in total. The van der Waals surface area contributed by atoms with Gasteiger partial charge >= 0.3 is 0 Å². The number of hydrogen-bond acceptors (Lipinski definition) is 2. The predicted molar refractivity (Wildman–Crippen MR) is 52.3 cm³/mol. The molecule has 0 spiro atoms. The molecule has 0 aromatic carbocycles. The Hall–Kier alpha value is -1.04. The number of likely N-dealkylation sites (tertiary alicyclic amines) is 1. The fourth-order valence-electron chi connectivity index (χ4n) is 2.22. The number of hydrogen-bond donors (Lipinski definition) is 0. The van der Waals surface area contributed by atoms with Crippen LogP contribution in [0.15, 0.2) is 0 Å². The van der Waals surface area contributed by atoms with E-state index in [1.807, 2.05) is 4.90 Å². The maximum atomic E-state index is 11.5. The van der Waals surface area contributed by atoms with Crippen LogP contribution >= 0.6 is 0 Å². The second-order valence-corrected chi connectivity index (χ2v) is 4.66. The summed E-state index contributed by atoms with van der Waals surface area (Å²) in [7, 11) is 0. The van der Waals surface area contributed by atoms with E-state index in [0.717, 1.165) is 13.0 Å². The molecule has 1 unspecified atom stereocenters. The highest BCUT2D eigenvalue weighted by Crippen LogP contribution is 2.49. The summed E-state index contributed by atoms with van der Waals surface area (Å²) in [6.45, 7) is 3.74. The molecule has 0 radical (unpaired) electrons. The van der Waals surface area contributed by atoms with E-state index in [1.54, 1.807) is 0 Å². The first kappa shape index (κ1) is 9.51. The fourth-order valence-corrected chi connectivity index (χ4v) is 2.22. The van der Waals surface area contributed by atoms with Crippen molar-refractivity contribution in [2.24, 2.45) is 11.3 Å². The van der Waals surface area contributed by atoms with Crippen molar-refractivity contribution in [2.75, 3.05) is 13.1 Å². The number of nitriles is 1. The summed E-state index contributed by atoms with van der Waals surface area (Å²) >= 11 is 0. The summed E-state index contributed by atoms with van der Waals surface area (Å²) in [5, 5.41) is 8.74. The highest BCUT2D eigenvalue weighted by Gasteiger charge is 2.44. The van der Waals surface area contributed by atoms with Gasteiger partial charge in [-0.15, -0.1) is 0 Å². The van der Waals surface area contributed by atoms with Crippen LogP contribution in [0.4, 0.5) is 0 Å². The SMILES string of the molecule is CCC1(CN2CC(C#N)CC2=O)CC1. The third-order valence-corrected chi connectivity index (χ3v) is 3.63. The summed E-state index contributed by atoms with van der Waals surface area (Å²) in [4.78, 5) is 13.4. The van der Waals surface area contributed by atoms with Crippen LogP contribution in [0.3, 0.4) is 0 Å². The van der Waals surface area contributed by atoms with Gasteiger partial charge in [0.25, 0.3) is 0 Å². The summed E-state index contributed by atoms with van der Waals surface area (Å²) in [6, 6.07) is 2.19. The quantitative estimate of drug-likeness (QED) is 0.681. The number of carbonyl (C=O) groups is 1. The van der Waals surface area contributed by atoms with E-state index >= 15 is 0 Å². The van der Waals surface area contributed by atoms with Crippen molar-refractivity contribution in [3.05, 3.63) is 0 Å². The molecular formula is C11H16N2O. The Balaban J connectivity index is 1.93. The average molecular weight is 192 g/mol. The van der Waals surface area contributed by atoms with Crippen LogP contribution in [0.25, 0.3) is 0 Å². The van der Waals surface area contributed by atoms with Gasteiger partial charge in [0.2, 0.25) is 5.91 Å². The Bertz CT molecular complexity index is 288. The van der Waals surface area contributed by atoms with Crippen LogP contribution in [0.2, 0.25) is 0 Å². The van der Waals surface area contributed by atoms with Gasteiger partial charge in [-0.2, -0.15) is 5.26 Å². The molecule has 1 aliphatic carbocycles. The fraction of sp³-hybridized carbons (Fsp3) is 0.818. The molecule has 2 fully saturated rings. The van der Waals surface area contributed by atoms with E-state index in [1.165, 1.54) is 12.8 Å². The summed E-state index contributed by atoms with van der Waals surface area (Å²) in [6.07, 6.45) is 4.11. The van der Waals surface area contributed by atoms with E-state index in [-0.39, 0.29) is 11.8 Å². The standard InChI is InChI=1S/C11H16N2O/c1-2-11(3-4-11)8-13-7-9(6-12)5-10(13)14/h9H,2-5,7-8H2,1H3. The van der Waals surface area contributed by atoms with Crippen molar-refractivity contribution in [1.82, 2.24) is 4.90 Å². The highest BCUT2D eigenvalue weighted by atomic mass is 16.2. The molecule has 0 aromatic rings. The van der Waals surface area contributed by atoms with Gasteiger partial charge in [0.05, 0.1) is 12.0 Å². The minimum Gasteiger partial charge on any atom is -0.341 e. The summed E-state index contributed by atoms with van der Waals surface area (Å²) < 4.78 is 0. The highest BCUT2D eigenvalue weighted by molar-refractivity contribution is 5.79. The van der Waals surface area contributed by atoms with Gasteiger partial charge in [-0.25, -0.2) is 0 Å². The van der Waals surface area contributed by atoms with Gasteiger partial charge in [-0.05, 0) is 24.7 Å². The molecule has 1 atom stereocenters. The van der Waals surface area contributed by atoms with Crippen LogP contribution in [0, 0.1) is 22.7 Å². The van der Waals surface area contributed by atoms with Gasteiger partial charge in [0.15, 0.2) is 0 Å². The normalized spacial score (nSPS) is 29.0. The summed E-state index contributed by atoms with van der Waals surface area (Å²) in [5.74, 6) is 0.117. The first-order chi connectivity index (χ1) is 6.69. The lowest BCUT2D eigenvalue weighted by atomic mass is 10.0. The maximum Gasteiger partial charge on any atom is 0.224 e. The van der Waals surface area contributed by atoms with Crippen LogP contribution in [0.1, 0.15) is 32.6 Å². The van der Waals surface area contributed by atoms with Crippen molar-refractivity contribution in [3.63, 3.8) is 0 Å². The zero-order valence-electron chi connectivity index (χ0n) is 8.62. The lowest BCUT2D eigenvalue weighted by molar-refractivity contribution is -0.128.